The van der Waals surface area contributed by atoms with Gasteiger partial charge >= 0.3 is 36.1 Å². The van der Waals surface area contributed by atoms with Crippen LogP contribution in [0.2, 0.25) is 0 Å². The first kappa shape index (κ1) is 3.07. The van der Waals surface area contributed by atoms with Crippen LogP contribution in [0, 0.1) is 0 Å². The van der Waals surface area contributed by atoms with Crippen LogP contribution in [-0.2, 0) is 3.82 Å². The average molecular weight is 136 g/mol. The normalized spacial score (nSPS) is 17.6. The Bertz CT molecular complexity index is 47.6. The summed E-state index contributed by atoms with van der Waals surface area (Å²) in [4.78, 5) is 0. The van der Waals surface area contributed by atoms with Crippen LogP contribution >= 0.6 is 0 Å². The molecule has 0 saturated carbocycles. The van der Waals surface area contributed by atoms with E-state index in [1.807, 2.05) is 0 Å². The second-order valence-electron chi connectivity index (χ2n) is 0.600. The van der Waals surface area contributed by atoms with Gasteiger partial charge in [-0.05, 0) is 0 Å². The first-order chi connectivity index (χ1) is 2.50. The van der Waals surface area contributed by atoms with Gasteiger partial charge in [0.25, 0.3) is 0 Å². The summed E-state index contributed by atoms with van der Waals surface area (Å²) in [7, 11) is 0. The van der Waals surface area contributed by atoms with Crippen molar-refractivity contribution in [1.29, 1.82) is 0 Å². The van der Waals surface area contributed by atoms with E-state index in [9.17, 15) is 0 Å². The fourth-order valence-corrected chi connectivity index (χ4v) is 0.722. The fraction of sp³-hybridized carbons (Fsp3) is 0. The Morgan fingerprint density at radius 3 is 3.00 bits per heavy atom. The van der Waals surface area contributed by atoms with Gasteiger partial charge in [-0.2, -0.15) is 0 Å². The predicted octanol–water partition coefficient (Wildman–Crippen LogP) is -0.388. The molecule has 0 aromatic rings. The summed E-state index contributed by atoms with van der Waals surface area (Å²) in [6.45, 7) is 0. The molecule has 0 amide bonds. The van der Waals surface area contributed by atoms with Crippen LogP contribution < -0.4 is 4.33 Å². The average Bonchev–Trinajstić information content (AvgIpc) is 1.76. The zero-order valence-electron chi connectivity index (χ0n) is 2.47. The third-order valence-electron chi connectivity index (χ3n) is 0.288. The van der Waals surface area contributed by atoms with Crippen molar-refractivity contribution in [3.05, 3.63) is 12.5 Å². The van der Waals surface area contributed by atoms with Crippen LogP contribution in [0.5, 0.6) is 0 Å². The summed E-state index contributed by atoms with van der Waals surface area (Å²) in [6, 6.07) is 0. The van der Waals surface area contributed by atoms with Crippen molar-refractivity contribution in [2.24, 2.45) is 0 Å². The van der Waals surface area contributed by atoms with Gasteiger partial charge in [0, 0.05) is 0 Å². The van der Waals surface area contributed by atoms with Crippen molar-refractivity contribution >= 4 is 15.5 Å². The van der Waals surface area contributed by atoms with Gasteiger partial charge in [0.15, 0.2) is 0 Å². The summed E-state index contributed by atoms with van der Waals surface area (Å²) >= 11 is 0.208. The van der Waals surface area contributed by atoms with Gasteiger partial charge in [0.05, 0.1) is 0 Å². The van der Waals surface area contributed by atoms with Crippen molar-refractivity contribution in [3.63, 3.8) is 0 Å². The van der Waals surface area contributed by atoms with Crippen LogP contribution in [0.3, 0.4) is 0 Å². The SMILES string of the molecule is C1=CO[Se]N1. The van der Waals surface area contributed by atoms with Gasteiger partial charge in [-0.25, -0.2) is 0 Å². The van der Waals surface area contributed by atoms with Crippen LogP contribution in [0.25, 0.3) is 0 Å². The van der Waals surface area contributed by atoms with Crippen LogP contribution in [0.15, 0.2) is 12.5 Å². The molecule has 0 aromatic carbocycles. The number of hydrogen-bond acceptors (Lipinski definition) is 2. The van der Waals surface area contributed by atoms with Gasteiger partial charge in [-0.3, -0.25) is 0 Å². The summed E-state index contributed by atoms with van der Waals surface area (Å²) < 4.78 is 7.60. The molecule has 0 atom stereocenters. The third kappa shape index (κ3) is 0.565. The molecule has 1 aliphatic heterocycles. The molecule has 0 spiro atoms. The molecule has 0 aromatic heterocycles. The maximum atomic E-state index is 4.72. The van der Waals surface area contributed by atoms with E-state index in [2.05, 4.69) is 4.33 Å². The Labute approximate surface area is 36.9 Å². The monoisotopic (exact) mass is 137 g/mol. The molecule has 3 heteroatoms. The van der Waals surface area contributed by atoms with Gasteiger partial charge in [-0.15, -0.1) is 0 Å². The maximum absolute atomic E-state index is 4.72. The van der Waals surface area contributed by atoms with Crippen LogP contribution in [0.4, 0.5) is 0 Å². The second kappa shape index (κ2) is 1.34. The number of rotatable bonds is 0. The number of hydrogen-bond donors (Lipinski definition) is 1. The Balaban J connectivity index is 2.32. The molecule has 1 rings (SSSR count). The van der Waals surface area contributed by atoms with E-state index in [0.29, 0.717) is 0 Å². The Morgan fingerprint density at radius 2 is 2.80 bits per heavy atom. The van der Waals surface area contributed by atoms with Gasteiger partial charge in [0.1, 0.15) is 0 Å². The molecule has 0 aliphatic carbocycles. The van der Waals surface area contributed by atoms with E-state index in [4.69, 9.17) is 3.82 Å². The summed E-state index contributed by atoms with van der Waals surface area (Å²) in [5.74, 6) is 0. The Hall–Kier alpha value is -0.141. The molecule has 5 heavy (non-hydrogen) atoms. The second-order valence-corrected chi connectivity index (χ2v) is 1.85. The Morgan fingerprint density at radius 1 is 1.80 bits per heavy atom. The van der Waals surface area contributed by atoms with Crippen molar-refractivity contribution in [1.82, 2.24) is 4.33 Å². The van der Waals surface area contributed by atoms with E-state index < -0.39 is 0 Å². The molecule has 28 valence electrons. The fourth-order valence-electron chi connectivity index (χ4n) is 0.139. The molecule has 0 unspecified atom stereocenters. The summed E-state index contributed by atoms with van der Waals surface area (Å²) in [6.07, 6.45) is 3.44. The molecule has 1 heterocycles. The minimum absolute atomic E-state index is 0.208. The van der Waals surface area contributed by atoms with E-state index >= 15 is 0 Å². The summed E-state index contributed by atoms with van der Waals surface area (Å²) in [5.41, 5.74) is 0. The number of nitrogens with one attached hydrogen (secondary N) is 1. The molecule has 0 fully saturated rings. The van der Waals surface area contributed by atoms with E-state index in [1.54, 1.807) is 12.5 Å². The standard InChI is InChI=1S/C2H3NOSe/c1-2-4-5-3-1/h1-3H. The molecule has 0 bridgehead atoms. The van der Waals surface area contributed by atoms with E-state index in [0.717, 1.165) is 0 Å². The zero-order valence-corrected chi connectivity index (χ0v) is 4.18. The molecule has 0 radical (unpaired) electrons. The molecule has 2 nitrogen and oxygen atoms in total. The van der Waals surface area contributed by atoms with E-state index in [1.165, 1.54) is 0 Å². The minimum atomic E-state index is 0.208. The molecule has 1 aliphatic rings. The third-order valence-corrected chi connectivity index (χ3v) is 1.21. The zero-order chi connectivity index (χ0) is 3.54. The van der Waals surface area contributed by atoms with Crippen molar-refractivity contribution in [3.8, 4) is 0 Å². The van der Waals surface area contributed by atoms with Crippen LogP contribution in [-0.4, -0.2) is 15.5 Å². The first-order valence-corrected chi connectivity index (χ1v) is 2.78. The van der Waals surface area contributed by atoms with Crippen molar-refractivity contribution in [2.75, 3.05) is 0 Å². The van der Waals surface area contributed by atoms with Crippen molar-refractivity contribution < 1.29 is 3.82 Å². The van der Waals surface area contributed by atoms with Crippen molar-refractivity contribution in [2.45, 2.75) is 0 Å². The molecule has 0 saturated heterocycles. The van der Waals surface area contributed by atoms with Gasteiger partial charge in [-0.1, -0.05) is 0 Å². The van der Waals surface area contributed by atoms with Gasteiger partial charge < -0.3 is 0 Å². The van der Waals surface area contributed by atoms with Gasteiger partial charge in [0.2, 0.25) is 0 Å². The Kier molecular flexibility index (Phi) is 0.819. The first-order valence-electron chi connectivity index (χ1n) is 1.23. The molecular weight excluding hydrogens is 133 g/mol. The molecular formula is C2H3NOSe. The summed E-state index contributed by atoms with van der Waals surface area (Å²) in [5, 5.41) is 0. The molecule has 1 N–H and O–H groups in total. The van der Waals surface area contributed by atoms with Crippen LogP contribution in [0.1, 0.15) is 0 Å². The predicted molar refractivity (Wildman–Crippen MR) is 19.1 cm³/mol. The topological polar surface area (TPSA) is 21.3 Å². The van der Waals surface area contributed by atoms with E-state index in [-0.39, 0.29) is 15.5 Å². The quantitative estimate of drug-likeness (QED) is 0.458.